The second kappa shape index (κ2) is 5.89. The first-order chi connectivity index (χ1) is 11.2. The van der Waals surface area contributed by atoms with E-state index in [1.165, 1.54) is 31.2 Å². The van der Waals surface area contributed by atoms with Crippen LogP contribution in [0.5, 0.6) is 0 Å². The second-order valence-corrected chi connectivity index (χ2v) is 6.76. The number of aromatic nitrogens is 2. The molecule has 4 rings (SSSR count). The number of rotatable bonds is 3. The predicted molar refractivity (Wildman–Crippen MR) is 96.3 cm³/mol. The Morgan fingerprint density at radius 3 is 2.61 bits per heavy atom. The number of nitrogens with zero attached hydrogens (tertiary/aromatic N) is 2. The first kappa shape index (κ1) is 14.6. The van der Waals surface area contributed by atoms with Crippen LogP contribution >= 0.6 is 11.6 Å². The third-order valence-electron chi connectivity index (χ3n) is 4.66. The fraction of sp³-hybridized carbons (Fsp3) is 0.316. The first-order valence-electron chi connectivity index (χ1n) is 8.22. The molecule has 0 saturated heterocycles. The van der Waals surface area contributed by atoms with Crippen molar-refractivity contribution in [1.82, 2.24) is 9.38 Å². The minimum atomic E-state index is 0.543. The van der Waals surface area contributed by atoms with E-state index in [-0.39, 0.29) is 0 Å². The molecule has 4 heteroatoms. The van der Waals surface area contributed by atoms with Crippen molar-refractivity contribution >= 4 is 23.1 Å². The lowest BCUT2D eigenvalue weighted by atomic mass is 10.1. The molecule has 2 aromatic heterocycles. The molecule has 1 aliphatic rings. The summed E-state index contributed by atoms with van der Waals surface area (Å²) in [5.41, 5.74) is 4.29. The standard InChI is InChI=1S/C19H20ClN3/c1-13-5-4-12-23-18(13)22-17(14-8-10-15(20)11-9-14)19(23)21-16-6-2-3-7-16/h4-5,8-12,16,21H,2-3,6-7H2,1H3. The Morgan fingerprint density at radius 2 is 1.87 bits per heavy atom. The number of aryl methyl sites for hydroxylation is 1. The van der Waals surface area contributed by atoms with Crippen LogP contribution < -0.4 is 5.32 Å². The Hall–Kier alpha value is -2.00. The van der Waals surface area contributed by atoms with Gasteiger partial charge in [0.2, 0.25) is 0 Å². The van der Waals surface area contributed by atoms with E-state index in [1.807, 2.05) is 24.3 Å². The summed E-state index contributed by atoms with van der Waals surface area (Å²) < 4.78 is 2.18. The van der Waals surface area contributed by atoms with Crippen molar-refractivity contribution in [3.05, 3.63) is 53.2 Å². The number of nitrogens with one attached hydrogen (secondary N) is 1. The monoisotopic (exact) mass is 325 g/mol. The van der Waals surface area contributed by atoms with Gasteiger partial charge >= 0.3 is 0 Å². The van der Waals surface area contributed by atoms with Gasteiger partial charge in [-0.25, -0.2) is 4.98 Å². The summed E-state index contributed by atoms with van der Waals surface area (Å²) in [7, 11) is 0. The third-order valence-corrected chi connectivity index (χ3v) is 4.91. The average molecular weight is 326 g/mol. The summed E-state index contributed by atoms with van der Waals surface area (Å²) in [4.78, 5) is 4.91. The van der Waals surface area contributed by atoms with E-state index >= 15 is 0 Å². The number of hydrogen-bond donors (Lipinski definition) is 1. The van der Waals surface area contributed by atoms with Crippen LogP contribution in [0.15, 0.2) is 42.6 Å². The van der Waals surface area contributed by atoms with Crippen molar-refractivity contribution < 1.29 is 0 Å². The maximum absolute atomic E-state index is 6.04. The Morgan fingerprint density at radius 1 is 1.13 bits per heavy atom. The minimum Gasteiger partial charge on any atom is -0.367 e. The molecule has 23 heavy (non-hydrogen) atoms. The van der Waals surface area contributed by atoms with Crippen molar-refractivity contribution in [2.24, 2.45) is 0 Å². The van der Waals surface area contributed by atoms with E-state index in [2.05, 4.69) is 35.0 Å². The molecule has 0 bridgehead atoms. The molecule has 3 nitrogen and oxygen atoms in total. The molecule has 3 aromatic rings. The van der Waals surface area contributed by atoms with Gasteiger partial charge < -0.3 is 5.32 Å². The van der Waals surface area contributed by atoms with Crippen molar-refractivity contribution in [3.63, 3.8) is 0 Å². The summed E-state index contributed by atoms with van der Waals surface area (Å²) in [6.45, 7) is 2.10. The molecule has 0 amide bonds. The molecule has 1 fully saturated rings. The molecule has 1 aliphatic carbocycles. The maximum Gasteiger partial charge on any atom is 0.142 e. The van der Waals surface area contributed by atoms with Gasteiger partial charge in [0, 0.05) is 22.8 Å². The highest BCUT2D eigenvalue weighted by Crippen LogP contribution is 2.33. The fourth-order valence-corrected chi connectivity index (χ4v) is 3.54. The Balaban J connectivity index is 1.87. The largest absolute Gasteiger partial charge is 0.367 e. The van der Waals surface area contributed by atoms with Gasteiger partial charge in [-0.3, -0.25) is 4.40 Å². The number of halogens is 1. The number of fused-ring (bicyclic) bond motifs is 1. The molecule has 0 spiro atoms. The summed E-state index contributed by atoms with van der Waals surface area (Å²) in [6, 6.07) is 12.7. The van der Waals surface area contributed by atoms with Crippen LogP contribution in [0.1, 0.15) is 31.2 Å². The smallest absolute Gasteiger partial charge is 0.142 e. The van der Waals surface area contributed by atoms with Gasteiger partial charge in [0.15, 0.2) is 0 Å². The van der Waals surface area contributed by atoms with Crippen LogP contribution in [0, 0.1) is 6.92 Å². The average Bonchev–Trinajstić information content (AvgIpc) is 3.18. The molecule has 1 aromatic carbocycles. The van der Waals surface area contributed by atoms with Crippen LogP contribution in [-0.2, 0) is 0 Å². The topological polar surface area (TPSA) is 29.3 Å². The SMILES string of the molecule is Cc1cccn2c(NC3CCCC3)c(-c3ccc(Cl)cc3)nc12. The summed E-state index contributed by atoms with van der Waals surface area (Å²) in [6.07, 6.45) is 7.18. The lowest BCUT2D eigenvalue weighted by Gasteiger charge is -2.15. The fourth-order valence-electron chi connectivity index (χ4n) is 3.41. The molecular formula is C19H20ClN3. The van der Waals surface area contributed by atoms with E-state index in [0.717, 1.165) is 27.7 Å². The molecule has 0 unspecified atom stereocenters. The van der Waals surface area contributed by atoms with E-state index in [0.29, 0.717) is 6.04 Å². The van der Waals surface area contributed by atoms with Crippen LogP contribution in [0.25, 0.3) is 16.9 Å². The predicted octanol–water partition coefficient (Wildman–Crippen LogP) is 5.32. The lowest BCUT2D eigenvalue weighted by Crippen LogP contribution is -2.16. The van der Waals surface area contributed by atoms with Crippen LogP contribution in [0.3, 0.4) is 0 Å². The van der Waals surface area contributed by atoms with E-state index in [1.54, 1.807) is 0 Å². The molecule has 1 saturated carbocycles. The number of imidazole rings is 1. The summed E-state index contributed by atoms with van der Waals surface area (Å²) in [5.74, 6) is 1.10. The molecule has 2 heterocycles. The number of pyridine rings is 1. The summed E-state index contributed by atoms with van der Waals surface area (Å²) in [5, 5.41) is 4.49. The van der Waals surface area contributed by atoms with Gasteiger partial charge in [-0.1, -0.05) is 42.6 Å². The molecular weight excluding hydrogens is 306 g/mol. The van der Waals surface area contributed by atoms with Gasteiger partial charge in [-0.05, 0) is 43.5 Å². The van der Waals surface area contributed by atoms with Gasteiger partial charge in [-0.15, -0.1) is 0 Å². The number of benzene rings is 1. The Labute approximate surface area is 141 Å². The van der Waals surface area contributed by atoms with Crippen molar-refractivity contribution in [2.45, 2.75) is 38.6 Å². The Kier molecular flexibility index (Phi) is 3.74. The van der Waals surface area contributed by atoms with Crippen LogP contribution in [-0.4, -0.2) is 15.4 Å². The number of hydrogen-bond acceptors (Lipinski definition) is 2. The quantitative estimate of drug-likeness (QED) is 0.706. The van der Waals surface area contributed by atoms with Gasteiger partial charge in [0.1, 0.15) is 17.2 Å². The molecule has 0 radical (unpaired) electrons. The van der Waals surface area contributed by atoms with Crippen molar-refractivity contribution in [1.29, 1.82) is 0 Å². The lowest BCUT2D eigenvalue weighted by molar-refractivity contribution is 0.749. The van der Waals surface area contributed by atoms with Gasteiger partial charge in [0.05, 0.1) is 0 Å². The number of anilines is 1. The van der Waals surface area contributed by atoms with Crippen LogP contribution in [0.4, 0.5) is 5.82 Å². The molecule has 118 valence electrons. The normalized spacial score (nSPS) is 15.4. The maximum atomic E-state index is 6.04. The van der Waals surface area contributed by atoms with Gasteiger partial charge in [0.25, 0.3) is 0 Å². The Bertz CT molecular complexity index is 830. The second-order valence-electron chi connectivity index (χ2n) is 6.33. The first-order valence-corrected chi connectivity index (χ1v) is 8.60. The molecule has 0 aliphatic heterocycles. The summed E-state index contributed by atoms with van der Waals surface area (Å²) >= 11 is 6.04. The molecule has 0 atom stereocenters. The van der Waals surface area contributed by atoms with E-state index < -0.39 is 0 Å². The van der Waals surface area contributed by atoms with E-state index in [4.69, 9.17) is 16.6 Å². The van der Waals surface area contributed by atoms with E-state index in [9.17, 15) is 0 Å². The highest BCUT2D eigenvalue weighted by molar-refractivity contribution is 6.30. The van der Waals surface area contributed by atoms with Crippen molar-refractivity contribution in [2.75, 3.05) is 5.32 Å². The highest BCUT2D eigenvalue weighted by Gasteiger charge is 2.20. The van der Waals surface area contributed by atoms with Crippen molar-refractivity contribution in [3.8, 4) is 11.3 Å². The third kappa shape index (κ3) is 2.70. The van der Waals surface area contributed by atoms with Crippen LogP contribution in [0.2, 0.25) is 5.02 Å². The zero-order valence-electron chi connectivity index (χ0n) is 13.2. The molecule has 1 N–H and O–H groups in total. The highest BCUT2D eigenvalue weighted by atomic mass is 35.5. The zero-order chi connectivity index (χ0) is 15.8. The minimum absolute atomic E-state index is 0.543. The zero-order valence-corrected chi connectivity index (χ0v) is 14.0. The van der Waals surface area contributed by atoms with Gasteiger partial charge in [-0.2, -0.15) is 0 Å².